The van der Waals surface area contributed by atoms with Crippen molar-refractivity contribution in [2.75, 3.05) is 6.79 Å². The number of pyridine rings is 2. The van der Waals surface area contributed by atoms with Crippen LogP contribution >= 0.6 is 0 Å². The summed E-state index contributed by atoms with van der Waals surface area (Å²) in [6, 6.07) is 7.75. The van der Waals surface area contributed by atoms with Crippen molar-refractivity contribution in [2.45, 2.75) is 19.8 Å². The molecular formula is C20H18N2O6. The number of aryl methyl sites for hydroxylation is 2. The van der Waals surface area contributed by atoms with Gasteiger partial charge in [0.05, 0.1) is 17.0 Å². The van der Waals surface area contributed by atoms with E-state index in [4.69, 9.17) is 9.47 Å². The van der Waals surface area contributed by atoms with Crippen LogP contribution in [0.15, 0.2) is 39.9 Å². The molecule has 0 radical (unpaired) electrons. The highest BCUT2D eigenvalue weighted by atomic mass is 16.7. The van der Waals surface area contributed by atoms with Crippen LogP contribution in [-0.4, -0.2) is 27.0 Å². The highest BCUT2D eigenvalue weighted by Crippen LogP contribution is 2.41. The van der Waals surface area contributed by atoms with Gasteiger partial charge >= 0.3 is 0 Å². The lowest BCUT2D eigenvalue weighted by molar-refractivity contribution is 0.174. The van der Waals surface area contributed by atoms with Crippen LogP contribution in [0.25, 0.3) is 0 Å². The predicted molar refractivity (Wildman–Crippen MR) is 100 cm³/mol. The summed E-state index contributed by atoms with van der Waals surface area (Å²) in [5.74, 6) is -0.588. The number of fused-ring (bicyclic) bond motifs is 1. The summed E-state index contributed by atoms with van der Waals surface area (Å²) in [6.07, 6.45) is 0. The minimum Gasteiger partial charge on any atom is -0.507 e. The molecule has 1 aromatic carbocycles. The second-order valence-corrected chi connectivity index (χ2v) is 6.71. The first-order chi connectivity index (χ1) is 13.3. The number of aromatic nitrogens is 2. The molecule has 0 aliphatic carbocycles. The van der Waals surface area contributed by atoms with Gasteiger partial charge in [-0.05, 0) is 43.7 Å². The molecule has 144 valence electrons. The Kier molecular flexibility index (Phi) is 4.11. The fraction of sp³-hybridized carbons (Fsp3) is 0.200. The maximum atomic E-state index is 12.7. The summed E-state index contributed by atoms with van der Waals surface area (Å²) >= 11 is 0. The van der Waals surface area contributed by atoms with Gasteiger partial charge in [0, 0.05) is 11.4 Å². The van der Waals surface area contributed by atoms with Crippen molar-refractivity contribution in [3.8, 4) is 23.0 Å². The first kappa shape index (κ1) is 17.7. The maximum Gasteiger partial charge on any atom is 0.256 e. The highest BCUT2D eigenvalue weighted by Gasteiger charge is 2.30. The Balaban J connectivity index is 2.03. The van der Waals surface area contributed by atoms with Crippen LogP contribution in [0, 0.1) is 13.8 Å². The average Bonchev–Trinajstić information content (AvgIpc) is 3.06. The Morgan fingerprint density at radius 3 is 1.93 bits per heavy atom. The molecule has 4 rings (SSSR count). The van der Waals surface area contributed by atoms with Gasteiger partial charge in [-0.25, -0.2) is 0 Å². The van der Waals surface area contributed by atoms with Crippen LogP contribution < -0.4 is 20.6 Å². The van der Waals surface area contributed by atoms with Gasteiger partial charge in [-0.2, -0.15) is 0 Å². The molecule has 8 heteroatoms. The van der Waals surface area contributed by atoms with Crippen molar-refractivity contribution < 1.29 is 19.7 Å². The quantitative estimate of drug-likeness (QED) is 0.549. The van der Waals surface area contributed by atoms with Gasteiger partial charge in [0.1, 0.15) is 11.5 Å². The summed E-state index contributed by atoms with van der Waals surface area (Å²) in [7, 11) is 0. The molecule has 0 saturated carbocycles. The number of nitrogens with one attached hydrogen (secondary N) is 2. The van der Waals surface area contributed by atoms with E-state index >= 15 is 0 Å². The lowest BCUT2D eigenvalue weighted by atomic mass is 9.85. The molecule has 1 aliphatic rings. The zero-order valence-corrected chi connectivity index (χ0v) is 15.2. The van der Waals surface area contributed by atoms with Crippen molar-refractivity contribution in [2.24, 2.45) is 0 Å². The lowest BCUT2D eigenvalue weighted by Gasteiger charge is -2.20. The van der Waals surface area contributed by atoms with Gasteiger partial charge < -0.3 is 29.7 Å². The van der Waals surface area contributed by atoms with Gasteiger partial charge in [-0.3, -0.25) is 9.59 Å². The minimum atomic E-state index is -1.02. The number of aromatic amines is 2. The molecule has 0 saturated heterocycles. The molecule has 0 spiro atoms. The van der Waals surface area contributed by atoms with Crippen molar-refractivity contribution in [3.63, 3.8) is 0 Å². The summed E-state index contributed by atoms with van der Waals surface area (Å²) in [6.45, 7) is 3.34. The average molecular weight is 382 g/mol. The van der Waals surface area contributed by atoms with Crippen LogP contribution in [0.2, 0.25) is 0 Å². The monoisotopic (exact) mass is 382 g/mol. The third-order valence-electron chi connectivity index (χ3n) is 4.68. The molecule has 0 amide bonds. The molecule has 0 fully saturated rings. The number of ether oxygens (including phenoxy) is 2. The maximum absolute atomic E-state index is 12.7. The van der Waals surface area contributed by atoms with E-state index in [-0.39, 0.29) is 29.4 Å². The highest BCUT2D eigenvalue weighted by molar-refractivity contribution is 5.55. The number of hydrogen-bond acceptors (Lipinski definition) is 6. The van der Waals surface area contributed by atoms with E-state index in [1.54, 1.807) is 32.0 Å². The number of benzene rings is 1. The number of rotatable bonds is 3. The molecule has 3 aromatic rings. The normalized spacial score (nSPS) is 12.5. The van der Waals surface area contributed by atoms with Gasteiger partial charge in [0.15, 0.2) is 11.5 Å². The number of H-pyrrole nitrogens is 2. The molecule has 4 N–H and O–H groups in total. The van der Waals surface area contributed by atoms with Crippen LogP contribution in [0.4, 0.5) is 0 Å². The van der Waals surface area contributed by atoms with Crippen molar-refractivity contribution in [1.82, 2.24) is 9.97 Å². The second-order valence-electron chi connectivity index (χ2n) is 6.71. The summed E-state index contributed by atoms with van der Waals surface area (Å²) in [5.41, 5.74) is 0.219. The van der Waals surface area contributed by atoms with Crippen molar-refractivity contribution in [3.05, 3.63) is 79.1 Å². The van der Waals surface area contributed by atoms with E-state index in [0.29, 0.717) is 28.5 Å². The standard InChI is InChI=1S/C20H18N2O6/c1-9-5-12(23)17(19(25)21-9)16(18-13(24)6-10(2)22-20(18)26)11-3-4-14-15(7-11)28-8-27-14/h3-7,16H,8H2,1-2H3,(H2,21,23,25)(H2,22,24,26). The number of hydrogen-bond donors (Lipinski definition) is 4. The SMILES string of the molecule is Cc1cc(O)c(C(c2ccc3c(c2)OCO3)c2c(O)cc(C)[nH]c2=O)c(=O)[nH]1. The molecule has 3 heterocycles. The van der Waals surface area contributed by atoms with E-state index in [1.165, 1.54) is 12.1 Å². The van der Waals surface area contributed by atoms with Crippen LogP contribution in [0.1, 0.15) is 34.0 Å². The fourth-order valence-corrected chi connectivity index (χ4v) is 3.49. The van der Waals surface area contributed by atoms with E-state index in [9.17, 15) is 19.8 Å². The lowest BCUT2D eigenvalue weighted by Crippen LogP contribution is -2.24. The molecule has 2 aromatic heterocycles. The fourth-order valence-electron chi connectivity index (χ4n) is 3.49. The van der Waals surface area contributed by atoms with Crippen molar-refractivity contribution >= 4 is 0 Å². The Morgan fingerprint density at radius 1 is 0.857 bits per heavy atom. The Hall–Kier alpha value is -3.68. The van der Waals surface area contributed by atoms with E-state index < -0.39 is 17.0 Å². The van der Waals surface area contributed by atoms with Crippen LogP contribution in [0.3, 0.4) is 0 Å². The van der Waals surface area contributed by atoms with E-state index in [2.05, 4.69) is 9.97 Å². The first-order valence-electron chi connectivity index (χ1n) is 8.60. The first-order valence-corrected chi connectivity index (χ1v) is 8.60. The molecular weight excluding hydrogens is 364 g/mol. The summed E-state index contributed by atoms with van der Waals surface area (Å²) in [4.78, 5) is 30.7. The van der Waals surface area contributed by atoms with Gasteiger partial charge in [-0.1, -0.05) is 6.07 Å². The molecule has 0 unspecified atom stereocenters. The number of aromatic hydroxyl groups is 2. The van der Waals surface area contributed by atoms with Gasteiger partial charge in [0.25, 0.3) is 11.1 Å². The second kappa shape index (κ2) is 6.49. The summed E-state index contributed by atoms with van der Waals surface area (Å²) < 4.78 is 10.7. The zero-order valence-electron chi connectivity index (χ0n) is 15.2. The molecule has 0 atom stereocenters. The molecule has 28 heavy (non-hydrogen) atoms. The topological polar surface area (TPSA) is 125 Å². The van der Waals surface area contributed by atoms with E-state index in [0.717, 1.165) is 0 Å². The van der Waals surface area contributed by atoms with Gasteiger partial charge in [0.2, 0.25) is 6.79 Å². The van der Waals surface area contributed by atoms with Crippen LogP contribution in [0.5, 0.6) is 23.0 Å². The molecule has 0 bridgehead atoms. The van der Waals surface area contributed by atoms with Crippen molar-refractivity contribution in [1.29, 1.82) is 0 Å². The van der Waals surface area contributed by atoms with E-state index in [1.807, 2.05) is 0 Å². The third-order valence-corrected chi connectivity index (χ3v) is 4.68. The smallest absolute Gasteiger partial charge is 0.256 e. The predicted octanol–water partition coefficient (Wildman–Crippen LogP) is 2.00. The zero-order chi connectivity index (χ0) is 20.0. The minimum absolute atomic E-state index is 0.0471. The Labute approximate surface area is 159 Å². The molecule has 1 aliphatic heterocycles. The molecule has 8 nitrogen and oxygen atoms in total. The van der Waals surface area contributed by atoms with Crippen LogP contribution in [-0.2, 0) is 0 Å². The third kappa shape index (κ3) is 2.88. The Bertz CT molecular complexity index is 1130. The Morgan fingerprint density at radius 2 is 1.39 bits per heavy atom. The van der Waals surface area contributed by atoms with Gasteiger partial charge in [-0.15, -0.1) is 0 Å². The largest absolute Gasteiger partial charge is 0.507 e. The summed E-state index contributed by atoms with van der Waals surface area (Å²) in [5, 5.41) is 21.1.